The van der Waals surface area contributed by atoms with Crippen LogP contribution >= 0.6 is 0 Å². The Morgan fingerprint density at radius 3 is 2.75 bits per heavy atom. The predicted molar refractivity (Wildman–Crippen MR) is 119 cm³/mol. The zero-order chi connectivity index (χ0) is 22.2. The minimum Gasteiger partial charge on any atom is -0.496 e. The molecule has 176 valence electrons. The summed E-state index contributed by atoms with van der Waals surface area (Å²) in [6, 6.07) is 10.2. The molecular formula is C26H36O6. The van der Waals surface area contributed by atoms with Gasteiger partial charge in [0.25, 0.3) is 0 Å². The van der Waals surface area contributed by atoms with Crippen LogP contribution in [0, 0.1) is 0 Å². The van der Waals surface area contributed by atoms with Crippen molar-refractivity contribution in [3.05, 3.63) is 48.2 Å². The number of ether oxygens (including phenoxy) is 5. The van der Waals surface area contributed by atoms with Gasteiger partial charge in [0.1, 0.15) is 11.7 Å². The monoisotopic (exact) mass is 444 g/mol. The van der Waals surface area contributed by atoms with Gasteiger partial charge in [-0.2, -0.15) is 0 Å². The molecule has 1 aromatic carbocycles. The van der Waals surface area contributed by atoms with Crippen LogP contribution in [-0.4, -0.2) is 59.5 Å². The van der Waals surface area contributed by atoms with Crippen molar-refractivity contribution in [2.75, 3.05) is 6.61 Å². The van der Waals surface area contributed by atoms with Crippen LogP contribution in [0.5, 0.6) is 0 Å². The summed E-state index contributed by atoms with van der Waals surface area (Å²) in [4.78, 5) is 0. The van der Waals surface area contributed by atoms with Crippen LogP contribution in [-0.2, 0) is 30.3 Å². The molecule has 0 saturated carbocycles. The van der Waals surface area contributed by atoms with Gasteiger partial charge in [-0.15, -0.1) is 0 Å². The molecule has 4 aliphatic rings. The van der Waals surface area contributed by atoms with Crippen LogP contribution in [0.4, 0.5) is 0 Å². The van der Waals surface area contributed by atoms with Crippen LogP contribution in [0.25, 0.3) is 0 Å². The maximum absolute atomic E-state index is 11.1. The number of aliphatic hydroxyl groups is 1. The minimum absolute atomic E-state index is 0.00619. The Bertz CT molecular complexity index is 799. The molecule has 0 amide bonds. The zero-order valence-corrected chi connectivity index (χ0v) is 19.2. The summed E-state index contributed by atoms with van der Waals surface area (Å²) in [5, 5.41) is 11.1. The van der Waals surface area contributed by atoms with E-state index >= 15 is 0 Å². The van der Waals surface area contributed by atoms with Gasteiger partial charge < -0.3 is 28.8 Å². The van der Waals surface area contributed by atoms with Crippen molar-refractivity contribution in [3.63, 3.8) is 0 Å². The van der Waals surface area contributed by atoms with Gasteiger partial charge in [0.05, 0.1) is 49.0 Å². The van der Waals surface area contributed by atoms with E-state index in [1.807, 2.05) is 31.2 Å². The van der Waals surface area contributed by atoms with E-state index in [0.717, 1.165) is 32.1 Å². The summed E-state index contributed by atoms with van der Waals surface area (Å²) in [5.74, 6) is 0. The van der Waals surface area contributed by atoms with Crippen LogP contribution in [0.15, 0.2) is 42.7 Å². The summed E-state index contributed by atoms with van der Waals surface area (Å²) in [6.45, 7) is 5.41. The average molecular weight is 445 g/mol. The van der Waals surface area contributed by atoms with Gasteiger partial charge in [-0.25, -0.2) is 0 Å². The van der Waals surface area contributed by atoms with Gasteiger partial charge in [-0.1, -0.05) is 30.3 Å². The van der Waals surface area contributed by atoms with Gasteiger partial charge in [0, 0.05) is 25.9 Å². The zero-order valence-electron chi connectivity index (χ0n) is 19.2. The summed E-state index contributed by atoms with van der Waals surface area (Å²) in [6.07, 6.45) is 7.78. The Hall–Kier alpha value is -1.44. The SMILES string of the molecule is C[C@@]12O[C@]3(C)C[C@@H]4OC=CC[C@H]4O[C@H]3C[C@H]1O[C@@H](CCCOCc1ccccc1)C[C@@H]2O. The van der Waals surface area contributed by atoms with E-state index in [-0.39, 0.29) is 30.5 Å². The number of aliphatic hydroxyl groups excluding tert-OH is 1. The molecule has 8 atom stereocenters. The lowest BCUT2D eigenvalue weighted by Crippen LogP contribution is -2.71. The molecule has 0 aromatic heterocycles. The minimum atomic E-state index is -0.730. The Kier molecular flexibility index (Phi) is 6.34. The van der Waals surface area contributed by atoms with Gasteiger partial charge in [-0.05, 0) is 44.7 Å². The fourth-order valence-electron chi connectivity index (χ4n) is 5.81. The van der Waals surface area contributed by atoms with E-state index in [9.17, 15) is 5.11 Å². The molecule has 6 heteroatoms. The number of rotatable bonds is 6. The van der Waals surface area contributed by atoms with Crippen molar-refractivity contribution in [1.29, 1.82) is 0 Å². The molecule has 3 fully saturated rings. The lowest BCUT2D eigenvalue weighted by atomic mass is 9.73. The summed E-state index contributed by atoms with van der Waals surface area (Å²) < 4.78 is 31.2. The quantitative estimate of drug-likeness (QED) is 0.672. The average Bonchev–Trinajstić information content (AvgIpc) is 2.77. The Labute approximate surface area is 190 Å². The van der Waals surface area contributed by atoms with Gasteiger partial charge in [-0.3, -0.25) is 0 Å². The predicted octanol–water partition coefficient (Wildman–Crippen LogP) is 3.90. The van der Waals surface area contributed by atoms with Crippen molar-refractivity contribution in [2.24, 2.45) is 0 Å². The largest absolute Gasteiger partial charge is 0.496 e. The second kappa shape index (κ2) is 9.07. The van der Waals surface area contributed by atoms with E-state index in [1.54, 1.807) is 6.26 Å². The molecule has 6 nitrogen and oxygen atoms in total. The third-order valence-electron chi connectivity index (χ3n) is 7.71. The maximum atomic E-state index is 11.1. The smallest absolute Gasteiger partial charge is 0.127 e. The Morgan fingerprint density at radius 2 is 1.91 bits per heavy atom. The first kappa shape index (κ1) is 22.4. The number of fused-ring (bicyclic) bond motifs is 3. The highest BCUT2D eigenvalue weighted by molar-refractivity contribution is 5.13. The Balaban J connectivity index is 1.16. The van der Waals surface area contributed by atoms with Crippen molar-refractivity contribution in [1.82, 2.24) is 0 Å². The third-order valence-corrected chi connectivity index (χ3v) is 7.71. The molecule has 0 aliphatic carbocycles. The fourth-order valence-corrected chi connectivity index (χ4v) is 5.81. The number of benzene rings is 1. The lowest BCUT2D eigenvalue weighted by molar-refractivity contribution is -0.356. The second-order valence-electron chi connectivity index (χ2n) is 10.2. The van der Waals surface area contributed by atoms with Crippen molar-refractivity contribution < 1.29 is 28.8 Å². The Morgan fingerprint density at radius 1 is 1.06 bits per heavy atom. The summed E-state index contributed by atoms with van der Waals surface area (Å²) >= 11 is 0. The standard InChI is InChI=1S/C26H36O6/c1-25-16-21-20(11-7-13-29-21)31-23(25)15-24-26(2,32-25)22(27)14-19(30-24)10-6-12-28-17-18-8-4-3-5-9-18/h3-5,7-9,13,19-24,27H,6,10-12,14-17H2,1-2H3/t19-,20+,21-,22-,23-,24+,25+,26-/m0/s1. The third kappa shape index (κ3) is 4.36. The lowest BCUT2D eigenvalue weighted by Gasteiger charge is -2.60. The topological polar surface area (TPSA) is 66.4 Å². The van der Waals surface area contributed by atoms with E-state index in [0.29, 0.717) is 19.6 Å². The molecule has 1 aromatic rings. The molecule has 4 heterocycles. The van der Waals surface area contributed by atoms with Gasteiger partial charge in [0.2, 0.25) is 0 Å². The van der Waals surface area contributed by atoms with E-state index < -0.39 is 17.3 Å². The van der Waals surface area contributed by atoms with Crippen LogP contribution < -0.4 is 0 Å². The fraction of sp³-hybridized carbons (Fsp3) is 0.692. The molecule has 0 spiro atoms. The van der Waals surface area contributed by atoms with Crippen molar-refractivity contribution in [2.45, 2.75) is 107 Å². The molecule has 5 rings (SSSR count). The number of hydrogen-bond donors (Lipinski definition) is 1. The van der Waals surface area contributed by atoms with Crippen LogP contribution in [0.2, 0.25) is 0 Å². The van der Waals surface area contributed by atoms with Crippen molar-refractivity contribution >= 4 is 0 Å². The molecule has 3 saturated heterocycles. The first-order chi connectivity index (χ1) is 15.5. The van der Waals surface area contributed by atoms with Crippen molar-refractivity contribution in [3.8, 4) is 0 Å². The summed E-state index contributed by atoms with van der Waals surface area (Å²) in [5.41, 5.74) is -0.0321. The summed E-state index contributed by atoms with van der Waals surface area (Å²) in [7, 11) is 0. The highest BCUT2D eigenvalue weighted by Gasteiger charge is 2.61. The maximum Gasteiger partial charge on any atom is 0.127 e. The van der Waals surface area contributed by atoms with Crippen LogP contribution in [0.3, 0.4) is 0 Å². The molecular weight excluding hydrogens is 408 g/mol. The molecule has 32 heavy (non-hydrogen) atoms. The van der Waals surface area contributed by atoms with Gasteiger partial charge >= 0.3 is 0 Å². The second-order valence-corrected chi connectivity index (χ2v) is 10.2. The van der Waals surface area contributed by atoms with E-state index in [2.05, 4.69) is 19.1 Å². The normalized spacial score (nSPS) is 43.0. The van der Waals surface area contributed by atoms with Crippen LogP contribution in [0.1, 0.15) is 57.9 Å². The number of hydrogen-bond acceptors (Lipinski definition) is 6. The first-order valence-corrected chi connectivity index (χ1v) is 12.1. The molecule has 4 aliphatic heterocycles. The highest BCUT2D eigenvalue weighted by Crippen LogP contribution is 2.50. The van der Waals surface area contributed by atoms with E-state index in [1.165, 1.54) is 5.56 Å². The van der Waals surface area contributed by atoms with E-state index in [4.69, 9.17) is 23.7 Å². The molecule has 1 N–H and O–H groups in total. The van der Waals surface area contributed by atoms with Gasteiger partial charge in [0.15, 0.2) is 0 Å². The molecule has 0 unspecified atom stereocenters. The first-order valence-electron chi connectivity index (χ1n) is 12.1. The highest BCUT2D eigenvalue weighted by atomic mass is 16.6. The molecule has 0 bridgehead atoms. The molecule has 0 radical (unpaired) electrons.